The average molecular weight is 384 g/mol. The average Bonchev–Trinajstić information content (AvgIpc) is 3.17. The van der Waals surface area contributed by atoms with E-state index in [2.05, 4.69) is 41.2 Å². The standard InChI is InChI=1S/C22H33N5O/c1-15-11-16(12-19-14-24-25-21(15)19)13-20(23)22(28)27-9-5-18(6-10-27)17-3-7-26(2)8-4-17/h11-12,14,17-18,20H,3-10,13,23H2,1-2H3,(H,24,25). The van der Waals surface area contributed by atoms with Crippen molar-refractivity contribution >= 4 is 16.8 Å². The molecule has 0 spiro atoms. The number of likely N-dealkylation sites (tertiary alicyclic amines) is 2. The van der Waals surface area contributed by atoms with Crippen LogP contribution >= 0.6 is 0 Å². The van der Waals surface area contributed by atoms with Gasteiger partial charge in [0.25, 0.3) is 0 Å². The molecule has 0 saturated carbocycles. The summed E-state index contributed by atoms with van der Waals surface area (Å²) in [5.41, 5.74) is 9.62. The van der Waals surface area contributed by atoms with Crippen LogP contribution in [0.4, 0.5) is 0 Å². The number of carbonyl (C=O) groups excluding carboxylic acids is 1. The van der Waals surface area contributed by atoms with E-state index in [1.54, 1.807) is 0 Å². The lowest BCUT2D eigenvalue weighted by Crippen LogP contribution is -2.49. The van der Waals surface area contributed by atoms with Gasteiger partial charge in [0.2, 0.25) is 5.91 Å². The van der Waals surface area contributed by atoms with Crippen molar-refractivity contribution in [2.75, 3.05) is 33.2 Å². The Balaban J connectivity index is 1.31. The zero-order valence-corrected chi connectivity index (χ0v) is 17.2. The summed E-state index contributed by atoms with van der Waals surface area (Å²) in [7, 11) is 2.21. The summed E-state index contributed by atoms with van der Waals surface area (Å²) >= 11 is 0. The number of fused-ring (bicyclic) bond motifs is 1. The van der Waals surface area contributed by atoms with Crippen LogP contribution in [-0.2, 0) is 11.2 Å². The van der Waals surface area contributed by atoms with Crippen LogP contribution in [0.25, 0.3) is 10.9 Å². The van der Waals surface area contributed by atoms with E-state index in [1.165, 1.54) is 25.9 Å². The zero-order valence-electron chi connectivity index (χ0n) is 17.2. The van der Waals surface area contributed by atoms with Crippen LogP contribution in [0.2, 0.25) is 0 Å². The van der Waals surface area contributed by atoms with Crippen molar-refractivity contribution in [3.8, 4) is 0 Å². The minimum Gasteiger partial charge on any atom is -0.341 e. The summed E-state index contributed by atoms with van der Waals surface area (Å²) < 4.78 is 0. The van der Waals surface area contributed by atoms with Crippen LogP contribution in [0.15, 0.2) is 18.3 Å². The third-order valence-corrected chi connectivity index (χ3v) is 6.86. The lowest BCUT2D eigenvalue weighted by molar-refractivity contribution is -0.134. The highest BCUT2D eigenvalue weighted by Crippen LogP contribution is 2.32. The van der Waals surface area contributed by atoms with E-state index < -0.39 is 6.04 Å². The maximum absolute atomic E-state index is 12.9. The first-order valence-corrected chi connectivity index (χ1v) is 10.7. The van der Waals surface area contributed by atoms with Crippen molar-refractivity contribution in [3.05, 3.63) is 29.5 Å². The van der Waals surface area contributed by atoms with Crippen molar-refractivity contribution in [1.82, 2.24) is 20.0 Å². The smallest absolute Gasteiger partial charge is 0.239 e. The first-order valence-electron chi connectivity index (χ1n) is 10.7. The number of benzene rings is 1. The molecule has 3 heterocycles. The number of nitrogens with one attached hydrogen (secondary N) is 1. The molecule has 1 aromatic carbocycles. The summed E-state index contributed by atoms with van der Waals surface area (Å²) in [5.74, 6) is 1.72. The van der Waals surface area contributed by atoms with Crippen LogP contribution in [0, 0.1) is 18.8 Å². The molecule has 2 aromatic rings. The fourth-order valence-electron chi connectivity index (χ4n) is 5.10. The lowest BCUT2D eigenvalue weighted by atomic mass is 9.79. The summed E-state index contributed by atoms with van der Waals surface area (Å²) in [4.78, 5) is 17.3. The molecule has 2 saturated heterocycles. The lowest BCUT2D eigenvalue weighted by Gasteiger charge is -2.40. The molecule has 2 aliphatic heterocycles. The van der Waals surface area contributed by atoms with Gasteiger partial charge in [0.05, 0.1) is 17.8 Å². The van der Waals surface area contributed by atoms with E-state index in [9.17, 15) is 4.79 Å². The molecule has 1 unspecified atom stereocenters. The second kappa shape index (κ2) is 8.21. The minimum absolute atomic E-state index is 0.103. The Morgan fingerprint density at radius 2 is 1.82 bits per heavy atom. The van der Waals surface area contributed by atoms with Gasteiger partial charge in [-0.3, -0.25) is 9.89 Å². The number of amides is 1. The van der Waals surface area contributed by atoms with Crippen LogP contribution in [0.3, 0.4) is 0 Å². The number of carbonyl (C=O) groups is 1. The molecule has 2 fully saturated rings. The number of aromatic nitrogens is 2. The Labute approximate surface area is 167 Å². The number of nitrogens with zero attached hydrogens (tertiary/aromatic N) is 3. The summed E-state index contributed by atoms with van der Waals surface area (Å²) in [5, 5.41) is 8.20. The number of H-pyrrole nitrogens is 1. The van der Waals surface area contributed by atoms with Crippen molar-refractivity contribution in [1.29, 1.82) is 0 Å². The van der Waals surface area contributed by atoms with Crippen LogP contribution in [0.1, 0.15) is 36.8 Å². The van der Waals surface area contributed by atoms with E-state index in [-0.39, 0.29) is 5.91 Å². The highest BCUT2D eigenvalue weighted by atomic mass is 16.2. The molecular weight excluding hydrogens is 350 g/mol. The summed E-state index contributed by atoms with van der Waals surface area (Å²) in [6.07, 6.45) is 7.29. The van der Waals surface area contributed by atoms with Crippen molar-refractivity contribution in [2.24, 2.45) is 17.6 Å². The molecule has 28 heavy (non-hydrogen) atoms. The third kappa shape index (κ3) is 4.08. The number of rotatable bonds is 4. The first-order chi connectivity index (χ1) is 13.5. The predicted octanol–water partition coefficient (Wildman–Crippen LogP) is 2.32. The molecular formula is C22H33N5O. The van der Waals surface area contributed by atoms with Crippen LogP contribution in [-0.4, -0.2) is 65.2 Å². The Morgan fingerprint density at radius 1 is 1.18 bits per heavy atom. The minimum atomic E-state index is -0.469. The van der Waals surface area contributed by atoms with Crippen LogP contribution < -0.4 is 5.73 Å². The van der Waals surface area contributed by atoms with Gasteiger partial charge in [0.15, 0.2) is 0 Å². The van der Waals surface area contributed by atoms with E-state index in [4.69, 9.17) is 5.73 Å². The van der Waals surface area contributed by atoms with Gasteiger partial charge in [-0.15, -0.1) is 0 Å². The molecule has 2 aliphatic rings. The van der Waals surface area contributed by atoms with Gasteiger partial charge < -0.3 is 15.5 Å². The first kappa shape index (κ1) is 19.4. The molecule has 4 rings (SSSR count). The maximum atomic E-state index is 12.9. The molecule has 3 N–H and O–H groups in total. The normalized spacial score (nSPS) is 21.3. The molecule has 1 atom stereocenters. The third-order valence-electron chi connectivity index (χ3n) is 6.86. The maximum Gasteiger partial charge on any atom is 0.239 e. The molecule has 1 amide bonds. The Kier molecular flexibility index (Phi) is 5.69. The highest BCUT2D eigenvalue weighted by Gasteiger charge is 2.31. The van der Waals surface area contributed by atoms with Crippen molar-refractivity contribution in [2.45, 2.75) is 45.1 Å². The van der Waals surface area contributed by atoms with Gasteiger partial charge >= 0.3 is 0 Å². The van der Waals surface area contributed by atoms with Crippen molar-refractivity contribution < 1.29 is 4.79 Å². The van der Waals surface area contributed by atoms with E-state index in [1.807, 2.05) is 11.1 Å². The van der Waals surface area contributed by atoms with Gasteiger partial charge in [-0.05, 0) is 88.2 Å². The number of nitrogens with two attached hydrogens (primary N) is 1. The fraction of sp³-hybridized carbons (Fsp3) is 0.636. The second-order valence-electron chi connectivity index (χ2n) is 8.86. The second-order valence-corrected chi connectivity index (χ2v) is 8.86. The van der Waals surface area contributed by atoms with Crippen molar-refractivity contribution in [3.63, 3.8) is 0 Å². The molecule has 6 heteroatoms. The van der Waals surface area contributed by atoms with E-state index in [0.29, 0.717) is 6.42 Å². The van der Waals surface area contributed by atoms with E-state index in [0.717, 1.165) is 59.8 Å². The number of aromatic amines is 1. The van der Waals surface area contributed by atoms with Gasteiger partial charge in [-0.1, -0.05) is 6.07 Å². The largest absolute Gasteiger partial charge is 0.341 e. The molecule has 0 radical (unpaired) electrons. The Hall–Kier alpha value is -1.92. The van der Waals surface area contributed by atoms with Gasteiger partial charge in [0, 0.05) is 18.5 Å². The zero-order chi connectivity index (χ0) is 19.7. The van der Waals surface area contributed by atoms with Gasteiger partial charge in [-0.2, -0.15) is 5.10 Å². The van der Waals surface area contributed by atoms with Crippen LogP contribution in [0.5, 0.6) is 0 Å². The molecule has 6 nitrogen and oxygen atoms in total. The summed E-state index contributed by atoms with van der Waals surface area (Å²) in [6, 6.07) is 3.73. The van der Waals surface area contributed by atoms with Gasteiger partial charge in [-0.25, -0.2) is 0 Å². The number of hydrogen-bond donors (Lipinski definition) is 2. The molecule has 0 bridgehead atoms. The van der Waals surface area contributed by atoms with E-state index >= 15 is 0 Å². The molecule has 0 aliphatic carbocycles. The number of piperidine rings is 2. The number of aryl methyl sites for hydroxylation is 1. The number of hydrogen-bond acceptors (Lipinski definition) is 4. The Bertz CT molecular complexity index is 815. The fourth-order valence-corrected chi connectivity index (χ4v) is 5.10. The molecule has 1 aromatic heterocycles. The van der Waals surface area contributed by atoms with Gasteiger partial charge in [0.1, 0.15) is 0 Å². The highest BCUT2D eigenvalue weighted by molar-refractivity contribution is 5.84. The predicted molar refractivity (Wildman–Crippen MR) is 112 cm³/mol. The quantitative estimate of drug-likeness (QED) is 0.849. The molecule has 152 valence electrons. The topological polar surface area (TPSA) is 78.2 Å². The summed E-state index contributed by atoms with van der Waals surface area (Å²) in [6.45, 7) is 6.22. The monoisotopic (exact) mass is 383 g/mol. The SMILES string of the molecule is Cc1cc(CC(N)C(=O)N2CCC(C3CCN(C)CC3)CC2)cc2cn[nH]c12. The Morgan fingerprint density at radius 3 is 2.50 bits per heavy atom.